The Kier molecular flexibility index (Phi) is 2.15. The summed E-state index contributed by atoms with van der Waals surface area (Å²) in [6.07, 6.45) is 0.538. The first-order chi connectivity index (χ1) is 5.11. The Morgan fingerprint density at radius 1 is 1.82 bits per heavy atom. The third-order valence-corrected chi connectivity index (χ3v) is 2.17. The Balaban J connectivity index is 2.75. The van der Waals surface area contributed by atoms with Crippen LogP contribution in [-0.4, -0.2) is 31.3 Å². The highest BCUT2D eigenvalue weighted by Gasteiger charge is 2.45. The molecule has 1 amide bonds. The Bertz CT molecular complexity index is 171. The minimum atomic E-state index is -0.922. The lowest BCUT2D eigenvalue weighted by Gasteiger charge is -2.25. The van der Waals surface area contributed by atoms with Crippen LogP contribution in [0.25, 0.3) is 0 Å². The van der Waals surface area contributed by atoms with Crippen LogP contribution in [0.2, 0.25) is 0 Å². The van der Waals surface area contributed by atoms with Gasteiger partial charge in [-0.15, -0.1) is 0 Å². The number of hydrogen-bond donors (Lipinski definition) is 1. The molecule has 0 bridgehead atoms. The molecule has 2 N–H and O–H groups in total. The van der Waals surface area contributed by atoms with Gasteiger partial charge in [-0.05, 0) is 6.92 Å². The monoisotopic (exact) mass is 159 g/mol. The van der Waals surface area contributed by atoms with Gasteiger partial charge in [0.2, 0.25) is 0 Å². The third kappa shape index (κ3) is 1.23. The van der Waals surface area contributed by atoms with E-state index in [1.54, 1.807) is 14.0 Å². The lowest BCUT2D eigenvalue weighted by Crippen LogP contribution is -2.49. The summed E-state index contributed by atoms with van der Waals surface area (Å²) in [6, 6.07) is 0. The van der Waals surface area contributed by atoms with Gasteiger partial charge < -0.3 is 15.2 Å². The van der Waals surface area contributed by atoms with Crippen molar-refractivity contribution >= 4 is 5.91 Å². The molecule has 64 valence electrons. The normalized spacial score (nSPS) is 37.5. The molecule has 1 heterocycles. The summed E-state index contributed by atoms with van der Waals surface area (Å²) in [6.45, 7) is 2.20. The fourth-order valence-electron chi connectivity index (χ4n) is 1.32. The van der Waals surface area contributed by atoms with Gasteiger partial charge in [-0.3, -0.25) is 4.79 Å². The van der Waals surface area contributed by atoms with Crippen molar-refractivity contribution in [2.75, 3.05) is 13.7 Å². The molecule has 0 aromatic heterocycles. The van der Waals surface area contributed by atoms with Crippen LogP contribution in [-0.2, 0) is 14.3 Å². The zero-order valence-electron chi connectivity index (χ0n) is 6.79. The SMILES string of the molecule is COC1CCOC1(C)C(N)=O. The standard InChI is InChI=1S/C7H13NO3/c1-7(6(8)9)5(10-2)3-4-11-7/h5H,3-4H2,1-2H3,(H2,8,9). The molecule has 0 aliphatic carbocycles. The second-order valence-electron chi connectivity index (χ2n) is 2.83. The summed E-state index contributed by atoms with van der Waals surface area (Å²) in [5.41, 5.74) is 4.23. The Labute approximate surface area is 65.7 Å². The third-order valence-electron chi connectivity index (χ3n) is 2.17. The van der Waals surface area contributed by atoms with Gasteiger partial charge in [0.1, 0.15) is 0 Å². The summed E-state index contributed by atoms with van der Waals surface area (Å²) < 4.78 is 10.3. The molecule has 0 radical (unpaired) electrons. The molecule has 1 fully saturated rings. The molecule has 1 aliphatic heterocycles. The molecule has 4 heteroatoms. The van der Waals surface area contributed by atoms with Gasteiger partial charge in [-0.25, -0.2) is 0 Å². The van der Waals surface area contributed by atoms with E-state index in [1.165, 1.54) is 0 Å². The van der Waals surface area contributed by atoms with Gasteiger partial charge in [-0.2, -0.15) is 0 Å². The molecule has 0 saturated carbocycles. The van der Waals surface area contributed by atoms with E-state index in [1.807, 2.05) is 0 Å². The average Bonchev–Trinajstić information content (AvgIpc) is 2.32. The van der Waals surface area contributed by atoms with E-state index in [0.717, 1.165) is 6.42 Å². The van der Waals surface area contributed by atoms with Gasteiger partial charge in [0.15, 0.2) is 5.60 Å². The van der Waals surface area contributed by atoms with Crippen LogP contribution in [0, 0.1) is 0 Å². The van der Waals surface area contributed by atoms with Crippen molar-refractivity contribution in [2.24, 2.45) is 5.73 Å². The number of ether oxygens (including phenoxy) is 2. The number of primary amides is 1. The molecule has 1 aliphatic rings. The molecular formula is C7H13NO3. The first kappa shape index (κ1) is 8.49. The van der Waals surface area contributed by atoms with Crippen molar-refractivity contribution in [1.29, 1.82) is 0 Å². The quantitative estimate of drug-likeness (QED) is 0.600. The van der Waals surface area contributed by atoms with E-state index in [-0.39, 0.29) is 6.10 Å². The molecule has 2 atom stereocenters. The number of nitrogens with two attached hydrogens (primary N) is 1. The second kappa shape index (κ2) is 2.79. The molecule has 4 nitrogen and oxygen atoms in total. The number of amides is 1. The van der Waals surface area contributed by atoms with Crippen molar-refractivity contribution in [3.05, 3.63) is 0 Å². The summed E-state index contributed by atoms with van der Waals surface area (Å²) >= 11 is 0. The van der Waals surface area contributed by atoms with Crippen LogP contribution < -0.4 is 5.73 Å². The second-order valence-corrected chi connectivity index (χ2v) is 2.83. The first-order valence-electron chi connectivity index (χ1n) is 3.58. The predicted molar refractivity (Wildman–Crippen MR) is 39.0 cm³/mol. The van der Waals surface area contributed by atoms with E-state index in [0.29, 0.717) is 6.61 Å². The van der Waals surface area contributed by atoms with Crippen molar-refractivity contribution < 1.29 is 14.3 Å². The maximum Gasteiger partial charge on any atom is 0.252 e. The van der Waals surface area contributed by atoms with Crippen molar-refractivity contribution in [2.45, 2.75) is 25.0 Å². The lowest BCUT2D eigenvalue weighted by atomic mass is 9.99. The van der Waals surface area contributed by atoms with Crippen molar-refractivity contribution in [3.8, 4) is 0 Å². The van der Waals surface area contributed by atoms with Gasteiger partial charge in [0, 0.05) is 13.5 Å². The summed E-state index contributed by atoms with van der Waals surface area (Å²) in [5.74, 6) is -0.457. The van der Waals surface area contributed by atoms with Crippen LogP contribution in [0.5, 0.6) is 0 Å². The Morgan fingerprint density at radius 3 is 2.82 bits per heavy atom. The fourth-order valence-corrected chi connectivity index (χ4v) is 1.32. The number of carbonyl (C=O) groups is 1. The molecule has 0 aromatic rings. The number of rotatable bonds is 2. The van der Waals surface area contributed by atoms with Gasteiger partial charge in [0.25, 0.3) is 5.91 Å². The number of methoxy groups -OCH3 is 1. The minimum Gasteiger partial charge on any atom is -0.378 e. The Hall–Kier alpha value is -0.610. The molecule has 0 spiro atoms. The van der Waals surface area contributed by atoms with E-state index in [2.05, 4.69) is 0 Å². The zero-order valence-corrected chi connectivity index (χ0v) is 6.79. The molecular weight excluding hydrogens is 146 g/mol. The smallest absolute Gasteiger partial charge is 0.252 e. The van der Waals surface area contributed by atoms with Crippen LogP contribution in [0.3, 0.4) is 0 Å². The summed E-state index contributed by atoms with van der Waals surface area (Å²) in [7, 11) is 1.56. The highest BCUT2D eigenvalue weighted by atomic mass is 16.6. The van der Waals surface area contributed by atoms with Crippen molar-refractivity contribution in [1.82, 2.24) is 0 Å². The van der Waals surface area contributed by atoms with Gasteiger partial charge >= 0.3 is 0 Å². The number of carbonyl (C=O) groups excluding carboxylic acids is 1. The van der Waals surface area contributed by atoms with Crippen LogP contribution in [0.15, 0.2) is 0 Å². The summed E-state index contributed by atoms with van der Waals surface area (Å²) in [5, 5.41) is 0. The van der Waals surface area contributed by atoms with E-state index >= 15 is 0 Å². The van der Waals surface area contributed by atoms with E-state index < -0.39 is 11.5 Å². The highest BCUT2D eigenvalue weighted by molar-refractivity contribution is 5.84. The van der Waals surface area contributed by atoms with Gasteiger partial charge in [0.05, 0.1) is 12.7 Å². The van der Waals surface area contributed by atoms with Crippen molar-refractivity contribution in [3.63, 3.8) is 0 Å². The lowest BCUT2D eigenvalue weighted by molar-refractivity contribution is -0.145. The molecule has 11 heavy (non-hydrogen) atoms. The zero-order chi connectivity index (χ0) is 8.48. The number of hydrogen-bond acceptors (Lipinski definition) is 3. The first-order valence-corrected chi connectivity index (χ1v) is 3.58. The van der Waals surface area contributed by atoms with Crippen LogP contribution >= 0.6 is 0 Å². The minimum absolute atomic E-state index is 0.194. The molecule has 1 saturated heterocycles. The fraction of sp³-hybridized carbons (Fsp3) is 0.857. The maximum absolute atomic E-state index is 10.9. The largest absolute Gasteiger partial charge is 0.378 e. The van der Waals surface area contributed by atoms with Gasteiger partial charge in [-0.1, -0.05) is 0 Å². The maximum atomic E-state index is 10.9. The van der Waals surface area contributed by atoms with E-state index in [4.69, 9.17) is 15.2 Å². The predicted octanol–water partition coefficient (Wildman–Crippen LogP) is -0.334. The van der Waals surface area contributed by atoms with Crippen LogP contribution in [0.1, 0.15) is 13.3 Å². The molecule has 1 rings (SSSR count). The molecule has 2 unspecified atom stereocenters. The highest BCUT2D eigenvalue weighted by Crippen LogP contribution is 2.27. The summed E-state index contributed by atoms with van der Waals surface area (Å²) in [4.78, 5) is 10.9. The Morgan fingerprint density at radius 2 is 2.45 bits per heavy atom. The van der Waals surface area contributed by atoms with E-state index in [9.17, 15) is 4.79 Å². The molecule has 0 aromatic carbocycles. The van der Waals surface area contributed by atoms with Crippen LogP contribution in [0.4, 0.5) is 0 Å². The topological polar surface area (TPSA) is 61.6 Å². The average molecular weight is 159 g/mol.